The monoisotopic (exact) mass is 265 g/mol. The summed E-state index contributed by atoms with van der Waals surface area (Å²) in [6.07, 6.45) is 7.75. The molecule has 1 nitrogen and oxygen atoms in total. The molecule has 0 saturated carbocycles. The van der Waals surface area contributed by atoms with Gasteiger partial charge in [0, 0.05) is 17.6 Å². The summed E-state index contributed by atoms with van der Waals surface area (Å²) in [6.45, 7) is 4.31. The molecule has 0 fully saturated rings. The maximum atomic E-state index is 13.6. The first-order valence-electron chi connectivity index (χ1n) is 7.09. The summed E-state index contributed by atoms with van der Waals surface area (Å²) in [5.74, 6) is -0.699. The van der Waals surface area contributed by atoms with Gasteiger partial charge >= 0.3 is 0 Å². The number of aromatic amines is 1. The number of unbranched alkanes of at least 4 members (excludes halogenated alkanes) is 3. The van der Waals surface area contributed by atoms with Crippen LogP contribution in [-0.4, -0.2) is 4.98 Å². The molecule has 1 atom stereocenters. The van der Waals surface area contributed by atoms with Crippen LogP contribution in [0.3, 0.4) is 0 Å². The van der Waals surface area contributed by atoms with Crippen molar-refractivity contribution in [1.82, 2.24) is 4.98 Å². The van der Waals surface area contributed by atoms with Crippen LogP contribution in [-0.2, 0) is 0 Å². The lowest BCUT2D eigenvalue weighted by atomic mass is 9.94. The molecule has 1 heterocycles. The van der Waals surface area contributed by atoms with Gasteiger partial charge in [-0.05, 0) is 24.0 Å². The Morgan fingerprint density at radius 1 is 1.16 bits per heavy atom. The maximum absolute atomic E-state index is 13.6. The smallest absolute Gasteiger partial charge is 0.150 e. The second-order valence-electron chi connectivity index (χ2n) is 5.30. The molecular formula is C16H21F2N. The van der Waals surface area contributed by atoms with Gasteiger partial charge in [-0.3, -0.25) is 0 Å². The summed E-state index contributed by atoms with van der Waals surface area (Å²) in [6, 6.07) is 2.35. The highest BCUT2D eigenvalue weighted by Crippen LogP contribution is 2.30. The van der Waals surface area contributed by atoms with E-state index in [9.17, 15) is 8.78 Å². The van der Waals surface area contributed by atoms with Gasteiger partial charge in [0.25, 0.3) is 0 Å². The largest absolute Gasteiger partial charge is 0.359 e. The quantitative estimate of drug-likeness (QED) is 0.662. The van der Waals surface area contributed by atoms with Crippen molar-refractivity contribution in [2.45, 2.75) is 51.9 Å². The number of rotatable bonds is 6. The second-order valence-corrected chi connectivity index (χ2v) is 5.30. The van der Waals surface area contributed by atoms with E-state index in [0.29, 0.717) is 16.8 Å². The summed E-state index contributed by atoms with van der Waals surface area (Å²) < 4.78 is 26.9. The van der Waals surface area contributed by atoms with Crippen LogP contribution in [0.25, 0.3) is 10.9 Å². The second kappa shape index (κ2) is 6.18. The molecule has 2 rings (SSSR count). The van der Waals surface area contributed by atoms with Gasteiger partial charge in [-0.1, -0.05) is 39.5 Å². The number of halogens is 2. The minimum atomic E-state index is -0.514. The van der Waals surface area contributed by atoms with E-state index in [1.165, 1.54) is 31.7 Å². The zero-order chi connectivity index (χ0) is 13.8. The lowest BCUT2D eigenvalue weighted by Crippen LogP contribution is -1.93. The number of H-pyrrole nitrogens is 1. The number of fused-ring (bicyclic) bond motifs is 1. The minimum absolute atomic E-state index is 0.326. The van der Waals surface area contributed by atoms with Gasteiger partial charge < -0.3 is 4.98 Å². The van der Waals surface area contributed by atoms with Crippen LogP contribution in [0.4, 0.5) is 8.78 Å². The van der Waals surface area contributed by atoms with E-state index < -0.39 is 11.6 Å². The molecule has 1 aromatic carbocycles. The van der Waals surface area contributed by atoms with E-state index in [0.717, 1.165) is 18.1 Å². The molecule has 0 saturated heterocycles. The molecule has 0 amide bonds. The molecule has 1 N–H and O–H groups in total. The van der Waals surface area contributed by atoms with E-state index in [2.05, 4.69) is 18.8 Å². The molecule has 1 unspecified atom stereocenters. The van der Waals surface area contributed by atoms with E-state index in [4.69, 9.17) is 0 Å². The summed E-state index contributed by atoms with van der Waals surface area (Å²) in [5.41, 5.74) is 1.43. The number of hydrogen-bond acceptors (Lipinski definition) is 0. The molecule has 1 aromatic heterocycles. The van der Waals surface area contributed by atoms with Crippen molar-refractivity contribution < 1.29 is 8.78 Å². The third-order valence-corrected chi connectivity index (χ3v) is 3.76. The van der Waals surface area contributed by atoms with Gasteiger partial charge in [0.1, 0.15) is 11.6 Å². The molecule has 0 aliphatic carbocycles. The lowest BCUT2D eigenvalue weighted by Gasteiger charge is -2.10. The average molecular weight is 265 g/mol. The Bertz CT molecular complexity index is 545. The van der Waals surface area contributed by atoms with Crippen molar-refractivity contribution in [1.29, 1.82) is 0 Å². The van der Waals surface area contributed by atoms with Gasteiger partial charge in [0.15, 0.2) is 0 Å². The number of benzene rings is 1. The van der Waals surface area contributed by atoms with E-state index in [1.54, 1.807) is 0 Å². The van der Waals surface area contributed by atoms with E-state index in [1.807, 2.05) is 6.20 Å². The molecule has 0 aliphatic heterocycles. The molecule has 0 bridgehead atoms. The van der Waals surface area contributed by atoms with Crippen LogP contribution < -0.4 is 0 Å². The highest BCUT2D eigenvalue weighted by molar-refractivity contribution is 5.84. The number of aromatic nitrogens is 1. The summed E-state index contributed by atoms with van der Waals surface area (Å²) in [4.78, 5) is 2.92. The van der Waals surface area contributed by atoms with Crippen molar-refractivity contribution >= 4 is 10.9 Å². The third kappa shape index (κ3) is 3.14. The van der Waals surface area contributed by atoms with Crippen molar-refractivity contribution in [2.75, 3.05) is 0 Å². The van der Waals surface area contributed by atoms with Gasteiger partial charge in [-0.25, -0.2) is 8.78 Å². The Morgan fingerprint density at radius 2 is 1.95 bits per heavy atom. The first-order chi connectivity index (χ1) is 9.13. The summed E-state index contributed by atoms with van der Waals surface area (Å²) in [5, 5.41) is 0.681. The van der Waals surface area contributed by atoms with Crippen molar-refractivity contribution in [2.24, 2.45) is 0 Å². The molecule has 104 valence electrons. The van der Waals surface area contributed by atoms with Crippen LogP contribution in [0, 0.1) is 11.6 Å². The molecular weight excluding hydrogens is 244 g/mol. The van der Waals surface area contributed by atoms with Gasteiger partial charge in [-0.2, -0.15) is 0 Å². The fraction of sp³-hybridized carbons (Fsp3) is 0.500. The first-order valence-corrected chi connectivity index (χ1v) is 7.09. The van der Waals surface area contributed by atoms with Crippen molar-refractivity contribution in [3.8, 4) is 0 Å². The maximum Gasteiger partial charge on any atom is 0.150 e. The van der Waals surface area contributed by atoms with E-state index in [-0.39, 0.29) is 0 Å². The van der Waals surface area contributed by atoms with Crippen LogP contribution in [0.15, 0.2) is 18.3 Å². The fourth-order valence-corrected chi connectivity index (χ4v) is 2.62. The number of nitrogens with one attached hydrogen (secondary N) is 1. The van der Waals surface area contributed by atoms with Crippen LogP contribution >= 0.6 is 0 Å². The molecule has 0 spiro atoms. The average Bonchev–Trinajstić information content (AvgIpc) is 2.78. The predicted molar refractivity (Wildman–Crippen MR) is 75.4 cm³/mol. The van der Waals surface area contributed by atoms with Crippen molar-refractivity contribution in [3.63, 3.8) is 0 Å². The summed E-state index contributed by atoms with van der Waals surface area (Å²) in [7, 11) is 0. The molecule has 0 aliphatic rings. The molecule has 3 heteroatoms. The normalized spacial score (nSPS) is 13.1. The Labute approximate surface area is 113 Å². The highest BCUT2D eigenvalue weighted by atomic mass is 19.1. The van der Waals surface area contributed by atoms with Gasteiger partial charge in [0.2, 0.25) is 0 Å². The SMILES string of the molecule is CCCCCCC(C)c1c[nH]c2c(F)cc(F)cc12. The first kappa shape index (κ1) is 14.0. The minimum Gasteiger partial charge on any atom is -0.359 e. The Morgan fingerprint density at radius 3 is 2.68 bits per heavy atom. The topological polar surface area (TPSA) is 15.8 Å². The van der Waals surface area contributed by atoms with Gasteiger partial charge in [-0.15, -0.1) is 0 Å². The van der Waals surface area contributed by atoms with Gasteiger partial charge in [0.05, 0.1) is 5.52 Å². The Hall–Kier alpha value is -1.38. The Balaban J connectivity index is 2.16. The Kier molecular flexibility index (Phi) is 4.56. The summed E-state index contributed by atoms with van der Waals surface area (Å²) >= 11 is 0. The fourth-order valence-electron chi connectivity index (χ4n) is 2.62. The molecule has 0 radical (unpaired) electrons. The van der Waals surface area contributed by atoms with E-state index >= 15 is 0 Å². The van der Waals surface area contributed by atoms with Crippen LogP contribution in [0.2, 0.25) is 0 Å². The van der Waals surface area contributed by atoms with Crippen LogP contribution in [0.1, 0.15) is 57.4 Å². The van der Waals surface area contributed by atoms with Crippen LogP contribution in [0.5, 0.6) is 0 Å². The molecule has 19 heavy (non-hydrogen) atoms. The zero-order valence-electron chi connectivity index (χ0n) is 11.6. The lowest BCUT2D eigenvalue weighted by molar-refractivity contribution is 0.580. The van der Waals surface area contributed by atoms with Crippen molar-refractivity contribution in [3.05, 3.63) is 35.5 Å². The third-order valence-electron chi connectivity index (χ3n) is 3.76. The highest BCUT2D eigenvalue weighted by Gasteiger charge is 2.14. The standard InChI is InChI=1S/C16H21F2N/c1-3-4-5-6-7-11(2)14-10-19-16-13(14)8-12(17)9-15(16)18/h8-11,19H,3-7H2,1-2H3. The number of hydrogen-bond donors (Lipinski definition) is 1. The molecule has 2 aromatic rings. The zero-order valence-corrected chi connectivity index (χ0v) is 11.6. The predicted octanol–water partition coefficient (Wildman–Crippen LogP) is 5.52.